The van der Waals surface area contributed by atoms with Crippen LogP contribution in [0.5, 0.6) is 0 Å². The van der Waals surface area contributed by atoms with E-state index in [1.807, 2.05) is 37.3 Å². The number of β-lactam (4-membered cyclic amide) rings is 1. The number of amides is 1. The van der Waals surface area contributed by atoms with E-state index in [4.69, 9.17) is 9.16 Å². The first-order valence-electron chi connectivity index (χ1n) is 8.25. The Labute approximate surface area is 140 Å². The van der Waals surface area contributed by atoms with Crippen LogP contribution in [0.2, 0.25) is 18.1 Å². The first-order valence-corrected chi connectivity index (χ1v) is 11.2. The van der Waals surface area contributed by atoms with Crippen molar-refractivity contribution in [1.82, 2.24) is 5.32 Å². The minimum Gasteiger partial charge on any atom is -0.413 e. The molecule has 4 nitrogen and oxygen atoms in total. The van der Waals surface area contributed by atoms with Gasteiger partial charge in [0.2, 0.25) is 5.91 Å². The molecule has 1 aliphatic heterocycles. The van der Waals surface area contributed by atoms with Crippen molar-refractivity contribution in [3.05, 3.63) is 35.9 Å². The SMILES string of the molecule is CC(O[Si](C)(C)C(C)(C)C)[C@H]1C(=O)N[C@@H]1OCc1ccccc1. The van der Waals surface area contributed by atoms with Crippen molar-refractivity contribution in [3.8, 4) is 0 Å². The van der Waals surface area contributed by atoms with Gasteiger partial charge in [-0.2, -0.15) is 0 Å². The highest BCUT2D eigenvalue weighted by atomic mass is 28.4. The molecular formula is C18H29NO3Si. The van der Waals surface area contributed by atoms with Gasteiger partial charge in [-0.3, -0.25) is 4.79 Å². The summed E-state index contributed by atoms with van der Waals surface area (Å²) in [5.74, 6) is -0.206. The van der Waals surface area contributed by atoms with E-state index in [1.165, 1.54) is 0 Å². The largest absolute Gasteiger partial charge is 0.413 e. The Kier molecular flexibility index (Phi) is 5.33. The summed E-state index contributed by atoms with van der Waals surface area (Å²) < 4.78 is 12.2. The minimum atomic E-state index is -1.89. The molecule has 0 radical (unpaired) electrons. The molecule has 0 spiro atoms. The van der Waals surface area contributed by atoms with E-state index in [0.717, 1.165) is 5.56 Å². The van der Waals surface area contributed by atoms with Gasteiger partial charge in [0.1, 0.15) is 12.1 Å². The quantitative estimate of drug-likeness (QED) is 0.637. The van der Waals surface area contributed by atoms with E-state index in [1.54, 1.807) is 0 Å². The van der Waals surface area contributed by atoms with E-state index in [-0.39, 0.29) is 29.2 Å². The van der Waals surface area contributed by atoms with Crippen LogP contribution < -0.4 is 5.32 Å². The number of benzene rings is 1. The Hall–Kier alpha value is -1.17. The van der Waals surface area contributed by atoms with Gasteiger partial charge in [-0.1, -0.05) is 51.1 Å². The molecule has 0 aliphatic carbocycles. The molecule has 1 unspecified atom stereocenters. The van der Waals surface area contributed by atoms with Gasteiger partial charge in [0.05, 0.1) is 12.7 Å². The van der Waals surface area contributed by atoms with E-state index in [0.29, 0.717) is 6.61 Å². The van der Waals surface area contributed by atoms with E-state index >= 15 is 0 Å². The maximum absolute atomic E-state index is 12.0. The summed E-state index contributed by atoms with van der Waals surface area (Å²) in [7, 11) is -1.89. The molecule has 1 fully saturated rings. The maximum atomic E-state index is 12.0. The molecular weight excluding hydrogens is 306 g/mol. The number of hydrogen-bond donors (Lipinski definition) is 1. The molecule has 5 heteroatoms. The van der Waals surface area contributed by atoms with Crippen LogP contribution in [0.3, 0.4) is 0 Å². The highest BCUT2D eigenvalue weighted by Gasteiger charge is 2.48. The van der Waals surface area contributed by atoms with Gasteiger partial charge in [-0.05, 0) is 30.6 Å². The van der Waals surface area contributed by atoms with Crippen molar-refractivity contribution in [2.75, 3.05) is 0 Å². The lowest BCUT2D eigenvalue weighted by Crippen LogP contribution is -2.64. The summed E-state index contributed by atoms with van der Waals surface area (Å²) in [5, 5.41) is 2.97. The molecule has 1 aromatic carbocycles. The van der Waals surface area contributed by atoms with Crippen molar-refractivity contribution in [2.24, 2.45) is 5.92 Å². The molecule has 1 aliphatic rings. The Bertz CT molecular complexity index is 539. The standard InChI is InChI=1S/C18H29NO3Si/c1-13(22-23(5,6)18(2,3)4)15-16(20)19-17(15)21-12-14-10-8-7-9-11-14/h7-11,13,15,17H,12H2,1-6H3,(H,19,20)/t13?,15-,17+/m0/s1. The van der Waals surface area contributed by atoms with Gasteiger partial charge < -0.3 is 14.5 Å². The van der Waals surface area contributed by atoms with Gasteiger partial charge in [0.25, 0.3) is 0 Å². The van der Waals surface area contributed by atoms with Crippen LogP contribution in [0.25, 0.3) is 0 Å². The summed E-state index contributed by atoms with van der Waals surface area (Å²) in [5.41, 5.74) is 1.10. The fraction of sp³-hybridized carbons (Fsp3) is 0.611. The van der Waals surface area contributed by atoms with E-state index in [9.17, 15) is 4.79 Å². The van der Waals surface area contributed by atoms with Crippen molar-refractivity contribution in [3.63, 3.8) is 0 Å². The summed E-state index contributed by atoms with van der Waals surface area (Å²) in [6.45, 7) is 13.5. The zero-order valence-corrected chi connectivity index (χ0v) is 16.1. The number of hydrogen-bond acceptors (Lipinski definition) is 3. The average molecular weight is 336 g/mol. The monoisotopic (exact) mass is 335 g/mol. The first-order chi connectivity index (χ1) is 10.6. The molecule has 1 heterocycles. The number of nitrogens with one attached hydrogen (secondary N) is 1. The van der Waals surface area contributed by atoms with Crippen LogP contribution in [-0.4, -0.2) is 26.6 Å². The molecule has 0 saturated carbocycles. The van der Waals surface area contributed by atoms with Crippen molar-refractivity contribution >= 4 is 14.2 Å². The highest BCUT2D eigenvalue weighted by molar-refractivity contribution is 6.74. The van der Waals surface area contributed by atoms with Crippen LogP contribution >= 0.6 is 0 Å². The molecule has 1 aromatic rings. The van der Waals surface area contributed by atoms with E-state index in [2.05, 4.69) is 39.2 Å². The molecule has 1 amide bonds. The van der Waals surface area contributed by atoms with Crippen molar-refractivity contribution in [1.29, 1.82) is 0 Å². The van der Waals surface area contributed by atoms with E-state index < -0.39 is 8.32 Å². The third kappa shape index (κ3) is 4.22. The predicted molar refractivity (Wildman–Crippen MR) is 94.4 cm³/mol. The van der Waals surface area contributed by atoms with Crippen molar-refractivity contribution in [2.45, 2.75) is 64.8 Å². The second kappa shape index (κ2) is 6.75. The number of carbonyl (C=O) groups is 1. The summed E-state index contributed by atoms with van der Waals surface area (Å²) >= 11 is 0. The molecule has 0 bridgehead atoms. The second-order valence-electron chi connectivity index (χ2n) is 7.83. The van der Waals surface area contributed by atoms with Gasteiger partial charge >= 0.3 is 0 Å². The molecule has 0 aromatic heterocycles. The summed E-state index contributed by atoms with van der Waals surface area (Å²) in [6, 6.07) is 9.99. The van der Waals surface area contributed by atoms with Crippen molar-refractivity contribution < 1.29 is 14.0 Å². The topological polar surface area (TPSA) is 47.6 Å². The fourth-order valence-electron chi connectivity index (χ4n) is 2.45. The maximum Gasteiger partial charge on any atom is 0.232 e. The van der Waals surface area contributed by atoms with Crippen LogP contribution in [0.4, 0.5) is 0 Å². The van der Waals surface area contributed by atoms with Crippen LogP contribution in [-0.2, 0) is 20.6 Å². The second-order valence-corrected chi connectivity index (χ2v) is 12.6. The Morgan fingerprint density at radius 1 is 1.22 bits per heavy atom. The lowest BCUT2D eigenvalue weighted by Gasteiger charge is -2.45. The lowest BCUT2D eigenvalue weighted by molar-refractivity contribution is -0.163. The third-order valence-electron chi connectivity index (χ3n) is 4.98. The molecule has 128 valence electrons. The number of carbonyl (C=O) groups excluding carboxylic acids is 1. The summed E-state index contributed by atoms with van der Waals surface area (Å²) in [6.07, 6.45) is -0.395. The minimum absolute atomic E-state index is 0.0225. The molecule has 3 atom stereocenters. The number of ether oxygens (including phenoxy) is 1. The normalized spacial score (nSPS) is 23.1. The molecule has 2 rings (SSSR count). The number of rotatable bonds is 6. The lowest BCUT2D eigenvalue weighted by atomic mass is 9.93. The average Bonchev–Trinajstić information content (AvgIpc) is 2.42. The summed E-state index contributed by atoms with van der Waals surface area (Å²) in [4.78, 5) is 12.0. The highest BCUT2D eigenvalue weighted by Crippen LogP contribution is 2.39. The van der Waals surface area contributed by atoms with Gasteiger partial charge in [0, 0.05) is 0 Å². The Morgan fingerprint density at radius 3 is 2.35 bits per heavy atom. The van der Waals surface area contributed by atoms with Gasteiger partial charge in [-0.15, -0.1) is 0 Å². The predicted octanol–water partition coefficient (Wildman–Crippen LogP) is 3.69. The van der Waals surface area contributed by atoms with Crippen LogP contribution in [0.1, 0.15) is 33.3 Å². The molecule has 1 saturated heterocycles. The molecule has 23 heavy (non-hydrogen) atoms. The van der Waals surface area contributed by atoms with Crippen LogP contribution in [0, 0.1) is 5.92 Å². The smallest absolute Gasteiger partial charge is 0.232 e. The molecule has 1 N–H and O–H groups in total. The zero-order chi connectivity index (χ0) is 17.3. The Balaban J connectivity index is 1.93. The van der Waals surface area contributed by atoms with Crippen LogP contribution in [0.15, 0.2) is 30.3 Å². The first kappa shape index (κ1) is 18.2. The van der Waals surface area contributed by atoms with Gasteiger partial charge in [-0.25, -0.2) is 0 Å². The third-order valence-corrected chi connectivity index (χ3v) is 9.55. The fourth-order valence-corrected chi connectivity index (χ4v) is 3.88. The zero-order valence-electron chi connectivity index (χ0n) is 15.1. The van der Waals surface area contributed by atoms with Gasteiger partial charge in [0.15, 0.2) is 8.32 Å². The Morgan fingerprint density at radius 2 is 1.83 bits per heavy atom.